The van der Waals surface area contributed by atoms with Crippen molar-refractivity contribution in [2.45, 2.75) is 69.6 Å². The van der Waals surface area contributed by atoms with Gasteiger partial charge in [-0.15, -0.1) is 0 Å². The number of rotatable bonds is 5. The molecule has 162 valence electrons. The molecule has 0 spiro atoms. The van der Waals surface area contributed by atoms with E-state index in [-0.39, 0.29) is 30.2 Å². The number of ether oxygens (including phenoxy) is 5. The van der Waals surface area contributed by atoms with Crippen LogP contribution in [0.2, 0.25) is 0 Å². The Morgan fingerprint density at radius 2 is 2.07 bits per heavy atom. The third kappa shape index (κ3) is 4.12. The fourth-order valence-corrected chi connectivity index (χ4v) is 4.85. The van der Waals surface area contributed by atoms with Crippen molar-refractivity contribution < 1.29 is 33.6 Å². The van der Waals surface area contributed by atoms with E-state index in [0.29, 0.717) is 26.1 Å². The van der Waals surface area contributed by atoms with E-state index < -0.39 is 18.5 Å². The lowest BCUT2D eigenvalue weighted by Crippen LogP contribution is -2.41. The van der Waals surface area contributed by atoms with Gasteiger partial charge < -0.3 is 28.8 Å². The number of hydrogen-bond acceptors (Lipinski definition) is 7. The van der Waals surface area contributed by atoms with Gasteiger partial charge in [0, 0.05) is 30.4 Å². The first-order valence-corrected chi connectivity index (χ1v) is 10.9. The lowest BCUT2D eigenvalue weighted by molar-refractivity contribution is -0.236. The second kappa shape index (κ2) is 8.67. The number of esters is 1. The van der Waals surface area contributed by atoms with Gasteiger partial charge in [-0.1, -0.05) is 30.4 Å². The summed E-state index contributed by atoms with van der Waals surface area (Å²) >= 11 is 0. The lowest BCUT2D eigenvalue weighted by Gasteiger charge is -2.34. The highest BCUT2D eigenvalue weighted by Crippen LogP contribution is 2.42. The molecule has 7 nitrogen and oxygen atoms in total. The van der Waals surface area contributed by atoms with Gasteiger partial charge in [0.2, 0.25) is 6.29 Å². The summed E-state index contributed by atoms with van der Waals surface area (Å²) in [7, 11) is 0. The molecule has 4 aliphatic rings. The quantitative estimate of drug-likeness (QED) is 0.584. The van der Waals surface area contributed by atoms with Gasteiger partial charge in [-0.2, -0.15) is 0 Å². The third-order valence-electron chi connectivity index (χ3n) is 6.43. The van der Waals surface area contributed by atoms with Crippen LogP contribution < -0.4 is 4.74 Å². The van der Waals surface area contributed by atoms with Crippen molar-refractivity contribution in [1.29, 1.82) is 0 Å². The summed E-state index contributed by atoms with van der Waals surface area (Å²) in [6.07, 6.45) is 5.43. The average Bonchev–Trinajstić information content (AvgIpc) is 3.26. The Hall–Kier alpha value is -1.93. The highest BCUT2D eigenvalue weighted by atomic mass is 16.7. The number of hydrogen-bond donors (Lipinski definition) is 1. The molecule has 2 saturated heterocycles. The van der Waals surface area contributed by atoms with Gasteiger partial charge in [-0.05, 0) is 25.3 Å². The number of carbonyl (C=O) groups is 1. The highest BCUT2D eigenvalue weighted by Gasteiger charge is 2.48. The van der Waals surface area contributed by atoms with E-state index >= 15 is 0 Å². The van der Waals surface area contributed by atoms with E-state index in [9.17, 15) is 9.90 Å². The fourth-order valence-electron chi connectivity index (χ4n) is 4.85. The summed E-state index contributed by atoms with van der Waals surface area (Å²) in [5, 5.41) is 10.5. The molecule has 0 radical (unpaired) electrons. The van der Waals surface area contributed by atoms with Crippen molar-refractivity contribution in [2.75, 3.05) is 6.61 Å². The number of para-hydroxylation sites is 1. The number of aliphatic hydroxyl groups is 1. The fraction of sp³-hybridized carbons (Fsp3) is 0.609. The Labute approximate surface area is 175 Å². The molecule has 7 heteroatoms. The van der Waals surface area contributed by atoms with Crippen LogP contribution in [0, 0.1) is 11.8 Å². The van der Waals surface area contributed by atoms with Crippen molar-refractivity contribution in [3.05, 3.63) is 42.0 Å². The van der Waals surface area contributed by atoms with Crippen LogP contribution >= 0.6 is 0 Å². The minimum absolute atomic E-state index is 0.00393. The second-order valence-corrected chi connectivity index (χ2v) is 8.46. The molecule has 0 aromatic heterocycles. The molecule has 1 saturated carbocycles. The highest BCUT2D eigenvalue weighted by molar-refractivity contribution is 5.72. The molecule has 3 fully saturated rings. The zero-order valence-corrected chi connectivity index (χ0v) is 16.9. The van der Waals surface area contributed by atoms with Crippen LogP contribution in [0.4, 0.5) is 0 Å². The normalized spacial score (nSPS) is 36.8. The van der Waals surface area contributed by atoms with Crippen LogP contribution in [0.5, 0.6) is 5.75 Å². The van der Waals surface area contributed by atoms with Crippen LogP contribution in [0.1, 0.15) is 37.7 Å². The molecule has 1 aromatic carbocycles. The van der Waals surface area contributed by atoms with E-state index in [0.717, 1.165) is 30.6 Å². The van der Waals surface area contributed by atoms with Crippen LogP contribution in [-0.2, 0) is 30.3 Å². The summed E-state index contributed by atoms with van der Waals surface area (Å²) in [5.41, 5.74) is 1.00. The summed E-state index contributed by atoms with van der Waals surface area (Å²) in [6.45, 7) is 1.13. The van der Waals surface area contributed by atoms with Gasteiger partial charge >= 0.3 is 5.97 Å². The molecule has 30 heavy (non-hydrogen) atoms. The van der Waals surface area contributed by atoms with E-state index in [1.54, 1.807) is 0 Å². The van der Waals surface area contributed by atoms with E-state index in [1.807, 2.05) is 36.4 Å². The van der Waals surface area contributed by atoms with Crippen molar-refractivity contribution in [1.82, 2.24) is 0 Å². The van der Waals surface area contributed by atoms with Crippen LogP contribution in [0.3, 0.4) is 0 Å². The summed E-state index contributed by atoms with van der Waals surface area (Å²) in [5.74, 6) is 0.449. The predicted octanol–water partition coefficient (Wildman–Crippen LogP) is 2.70. The smallest absolute Gasteiger partial charge is 0.306 e. The maximum absolute atomic E-state index is 11.7. The number of benzene rings is 1. The molecule has 0 amide bonds. The summed E-state index contributed by atoms with van der Waals surface area (Å²) < 4.78 is 29.4. The lowest BCUT2D eigenvalue weighted by atomic mass is 9.91. The molecule has 1 N–H and O–H groups in total. The Morgan fingerprint density at radius 3 is 2.93 bits per heavy atom. The topological polar surface area (TPSA) is 83.5 Å². The number of carbonyl (C=O) groups excluding carboxylic acids is 1. The first kappa shape index (κ1) is 20.0. The Bertz CT molecular complexity index is 788. The minimum Gasteiger partial charge on any atom is -0.462 e. The first-order chi connectivity index (χ1) is 14.7. The van der Waals surface area contributed by atoms with Gasteiger partial charge in [-0.25, -0.2) is 0 Å². The van der Waals surface area contributed by atoms with Gasteiger partial charge in [0.25, 0.3) is 0 Å². The molecular formula is C23H28O7. The number of aliphatic hydroxyl groups excluding tert-OH is 1. The van der Waals surface area contributed by atoms with Crippen molar-refractivity contribution in [3.63, 3.8) is 0 Å². The van der Waals surface area contributed by atoms with Crippen molar-refractivity contribution >= 4 is 5.97 Å². The van der Waals surface area contributed by atoms with Crippen LogP contribution in [0.25, 0.3) is 0 Å². The van der Waals surface area contributed by atoms with E-state index in [1.165, 1.54) is 0 Å². The molecule has 3 aliphatic heterocycles. The average molecular weight is 416 g/mol. The maximum atomic E-state index is 11.7. The molecule has 0 bridgehead atoms. The largest absolute Gasteiger partial charge is 0.462 e. The molecule has 1 aromatic rings. The second-order valence-electron chi connectivity index (χ2n) is 8.46. The molecule has 3 heterocycles. The predicted molar refractivity (Wildman–Crippen MR) is 105 cm³/mol. The van der Waals surface area contributed by atoms with Crippen LogP contribution in [-0.4, -0.2) is 48.6 Å². The molecule has 2 unspecified atom stereocenters. The number of fused-ring (bicyclic) bond motifs is 2. The van der Waals surface area contributed by atoms with Gasteiger partial charge in [-0.3, -0.25) is 4.79 Å². The zero-order valence-electron chi connectivity index (χ0n) is 16.9. The minimum atomic E-state index is -0.613. The zero-order chi connectivity index (χ0) is 20.5. The van der Waals surface area contributed by atoms with Gasteiger partial charge in [0.15, 0.2) is 6.29 Å². The first-order valence-electron chi connectivity index (χ1n) is 10.9. The Balaban J connectivity index is 1.33. The molecule has 1 aliphatic carbocycles. The third-order valence-corrected chi connectivity index (χ3v) is 6.43. The molecular weight excluding hydrogens is 388 g/mol. The summed E-state index contributed by atoms with van der Waals surface area (Å²) in [6, 6.07) is 7.80. The van der Waals surface area contributed by atoms with E-state index in [4.69, 9.17) is 23.7 Å². The van der Waals surface area contributed by atoms with Crippen molar-refractivity contribution in [3.8, 4) is 5.75 Å². The monoisotopic (exact) mass is 416 g/mol. The SMILES string of the molecule is O=C1C[C@@H]2[C@@H](C=C[C@@H](OC3CCCCO3)C3OCc4ccccc4O3)[C@H](O)C[C@@H]2O1. The van der Waals surface area contributed by atoms with Gasteiger partial charge in [0.05, 0.1) is 19.1 Å². The van der Waals surface area contributed by atoms with E-state index in [2.05, 4.69) is 0 Å². The Morgan fingerprint density at radius 1 is 1.17 bits per heavy atom. The standard InChI is InChI=1S/C23H28O7/c24-17-12-20-16(11-21(25)28-20)15(17)8-9-19(29-22-7-3-4-10-26-22)23-27-13-14-5-1-2-6-18(14)30-23/h1-2,5-6,8-9,15-17,19-20,22-24H,3-4,7,10-13H2/t15-,16-,17-,19-,20+,22?,23?/m1/s1. The molecule has 5 rings (SSSR count). The van der Waals surface area contributed by atoms with Gasteiger partial charge in [0.1, 0.15) is 18.0 Å². The molecule has 7 atom stereocenters. The Kier molecular flexibility index (Phi) is 5.78. The van der Waals surface area contributed by atoms with Crippen LogP contribution in [0.15, 0.2) is 36.4 Å². The van der Waals surface area contributed by atoms with Crippen molar-refractivity contribution in [2.24, 2.45) is 11.8 Å². The maximum Gasteiger partial charge on any atom is 0.306 e. The summed E-state index contributed by atoms with van der Waals surface area (Å²) in [4.78, 5) is 11.7.